The number of benzene rings is 2. The number of aryl methyl sites for hydroxylation is 1. The van der Waals surface area contributed by atoms with E-state index < -0.39 is 5.60 Å². The van der Waals surface area contributed by atoms with Crippen molar-refractivity contribution in [3.05, 3.63) is 71.3 Å². The zero-order valence-electron chi connectivity index (χ0n) is 17.5. The molecule has 3 aliphatic rings. The molecular formula is C27H30O3. The number of aromatic hydroxyl groups is 1. The first-order chi connectivity index (χ1) is 14.4. The predicted octanol–water partition coefficient (Wildman–Crippen LogP) is 5.12. The SMILES string of the molecule is CC12CC(C=O)C3c4ccc(O)cc4CCC3C1CC[C@@]2(O)/C=C/c1ccccc1. The summed E-state index contributed by atoms with van der Waals surface area (Å²) in [5.74, 6) is 1.19. The summed E-state index contributed by atoms with van der Waals surface area (Å²) >= 11 is 0. The second-order valence-electron chi connectivity index (χ2n) is 9.85. The Labute approximate surface area is 178 Å². The number of fused-ring (bicyclic) bond motifs is 5. The molecule has 6 atom stereocenters. The van der Waals surface area contributed by atoms with Crippen molar-refractivity contribution >= 4 is 12.4 Å². The van der Waals surface area contributed by atoms with Crippen LogP contribution < -0.4 is 0 Å². The molecular weight excluding hydrogens is 372 g/mol. The second-order valence-corrected chi connectivity index (χ2v) is 9.85. The summed E-state index contributed by atoms with van der Waals surface area (Å²) in [6, 6.07) is 15.8. The van der Waals surface area contributed by atoms with E-state index in [9.17, 15) is 15.0 Å². The van der Waals surface area contributed by atoms with Gasteiger partial charge in [0, 0.05) is 11.3 Å². The van der Waals surface area contributed by atoms with Gasteiger partial charge in [0.1, 0.15) is 12.0 Å². The van der Waals surface area contributed by atoms with E-state index in [0.29, 0.717) is 24.0 Å². The standard InChI is InChI=1S/C27H30O3/c1-26-16-20(17-28)25-22-10-8-21(29)15-19(22)7-9-23(25)24(26)12-14-27(26,30)13-11-18-5-3-2-4-6-18/h2-6,8,10-11,13,15,17,20,23-25,29-30H,7,9,12,14,16H2,1H3/b13-11+/t20?,23?,24?,25?,26?,27-/m0/s1. The zero-order valence-corrected chi connectivity index (χ0v) is 17.5. The van der Waals surface area contributed by atoms with E-state index in [0.717, 1.165) is 37.5 Å². The van der Waals surface area contributed by atoms with Gasteiger partial charge in [0.15, 0.2) is 0 Å². The van der Waals surface area contributed by atoms with Crippen LogP contribution in [0.25, 0.3) is 6.08 Å². The van der Waals surface area contributed by atoms with Gasteiger partial charge in [-0.1, -0.05) is 55.5 Å². The number of carbonyl (C=O) groups is 1. The van der Waals surface area contributed by atoms with Gasteiger partial charge in [-0.2, -0.15) is 0 Å². The van der Waals surface area contributed by atoms with E-state index >= 15 is 0 Å². The van der Waals surface area contributed by atoms with Crippen LogP contribution in [0, 0.1) is 23.2 Å². The van der Waals surface area contributed by atoms with Crippen LogP contribution in [0.15, 0.2) is 54.6 Å². The molecule has 0 amide bonds. The lowest BCUT2D eigenvalue weighted by Crippen LogP contribution is -2.53. The minimum Gasteiger partial charge on any atom is -0.508 e. The average Bonchev–Trinajstić information content (AvgIpc) is 3.03. The maximum absolute atomic E-state index is 12.3. The van der Waals surface area contributed by atoms with E-state index in [1.165, 1.54) is 11.1 Å². The molecule has 5 rings (SSSR count). The number of aliphatic hydroxyl groups is 1. The fourth-order valence-electron chi connectivity index (χ4n) is 7.00. The molecule has 0 radical (unpaired) electrons. The summed E-state index contributed by atoms with van der Waals surface area (Å²) in [7, 11) is 0. The Morgan fingerprint density at radius 2 is 1.90 bits per heavy atom. The average molecular weight is 403 g/mol. The smallest absolute Gasteiger partial charge is 0.123 e. The van der Waals surface area contributed by atoms with Crippen LogP contribution in [0.1, 0.15) is 55.2 Å². The highest BCUT2D eigenvalue weighted by Gasteiger charge is 2.62. The first-order valence-electron chi connectivity index (χ1n) is 11.2. The maximum Gasteiger partial charge on any atom is 0.123 e. The van der Waals surface area contributed by atoms with Gasteiger partial charge < -0.3 is 15.0 Å². The van der Waals surface area contributed by atoms with Gasteiger partial charge in [0.05, 0.1) is 5.60 Å². The molecule has 2 aromatic carbocycles. The normalized spacial score (nSPS) is 37.4. The number of rotatable bonds is 3. The lowest BCUT2D eigenvalue weighted by atomic mass is 9.50. The Morgan fingerprint density at radius 3 is 2.67 bits per heavy atom. The molecule has 0 aliphatic heterocycles. The van der Waals surface area contributed by atoms with Crippen LogP contribution in [-0.4, -0.2) is 22.1 Å². The molecule has 5 unspecified atom stereocenters. The monoisotopic (exact) mass is 402 g/mol. The highest BCUT2D eigenvalue weighted by Crippen LogP contribution is 2.66. The minimum absolute atomic E-state index is 0.102. The predicted molar refractivity (Wildman–Crippen MR) is 118 cm³/mol. The largest absolute Gasteiger partial charge is 0.508 e. The molecule has 3 heteroatoms. The van der Waals surface area contributed by atoms with E-state index in [-0.39, 0.29) is 17.3 Å². The third-order valence-corrected chi connectivity index (χ3v) is 8.50. The summed E-state index contributed by atoms with van der Waals surface area (Å²) in [5.41, 5.74) is 2.31. The van der Waals surface area contributed by atoms with Gasteiger partial charge in [-0.25, -0.2) is 0 Å². The van der Waals surface area contributed by atoms with E-state index in [1.807, 2.05) is 54.6 Å². The minimum atomic E-state index is -0.894. The number of phenolic OH excluding ortho intramolecular Hbond substituents is 1. The van der Waals surface area contributed by atoms with E-state index in [1.54, 1.807) is 6.07 Å². The molecule has 3 nitrogen and oxygen atoms in total. The molecule has 30 heavy (non-hydrogen) atoms. The van der Waals surface area contributed by atoms with Crippen molar-refractivity contribution in [2.24, 2.45) is 23.2 Å². The molecule has 0 saturated heterocycles. The van der Waals surface area contributed by atoms with Crippen LogP contribution in [0.4, 0.5) is 0 Å². The highest BCUT2D eigenvalue weighted by atomic mass is 16.3. The Morgan fingerprint density at radius 1 is 1.10 bits per heavy atom. The molecule has 2 N–H and O–H groups in total. The van der Waals surface area contributed by atoms with Crippen molar-refractivity contribution in [3.63, 3.8) is 0 Å². The Bertz CT molecular complexity index is 981. The molecule has 2 fully saturated rings. The van der Waals surface area contributed by atoms with E-state index in [4.69, 9.17) is 0 Å². The van der Waals surface area contributed by atoms with Gasteiger partial charge in [-0.05, 0) is 78.7 Å². The van der Waals surface area contributed by atoms with Crippen molar-refractivity contribution in [3.8, 4) is 5.75 Å². The fraction of sp³-hybridized carbons (Fsp3) is 0.444. The van der Waals surface area contributed by atoms with Gasteiger partial charge in [0.2, 0.25) is 0 Å². The fourth-order valence-corrected chi connectivity index (χ4v) is 7.00. The quantitative estimate of drug-likeness (QED) is 0.701. The number of phenols is 1. The highest BCUT2D eigenvalue weighted by molar-refractivity contribution is 5.59. The van der Waals surface area contributed by atoms with Crippen LogP contribution >= 0.6 is 0 Å². The second kappa shape index (κ2) is 7.09. The van der Waals surface area contributed by atoms with Gasteiger partial charge in [-0.3, -0.25) is 0 Å². The Hall–Kier alpha value is -2.39. The van der Waals surface area contributed by atoms with Crippen LogP contribution in [0.2, 0.25) is 0 Å². The molecule has 3 aliphatic carbocycles. The van der Waals surface area contributed by atoms with Crippen molar-refractivity contribution in [2.75, 3.05) is 0 Å². The molecule has 156 valence electrons. The number of aldehydes is 1. The summed E-state index contributed by atoms with van der Waals surface area (Å²) in [5, 5.41) is 21.7. The molecule has 0 aromatic heterocycles. The van der Waals surface area contributed by atoms with Crippen LogP contribution in [-0.2, 0) is 11.2 Å². The van der Waals surface area contributed by atoms with E-state index in [2.05, 4.69) is 6.92 Å². The number of hydrogen-bond donors (Lipinski definition) is 2. The molecule has 0 spiro atoms. The third-order valence-electron chi connectivity index (χ3n) is 8.50. The Kier molecular flexibility index (Phi) is 4.62. The molecule has 0 bridgehead atoms. The first-order valence-corrected chi connectivity index (χ1v) is 11.2. The number of carbonyl (C=O) groups excluding carboxylic acids is 1. The first kappa shape index (κ1) is 19.6. The molecule has 2 saturated carbocycles. The summed E-state index contributed by atoms with van der Waals surface area (Å²) in [4.78, 5) is 12.3. The zero-order chi connectivity index (χ0) is 20.9. The molecule has 0 heterocycles. The van der Waals surface area contributed by atoms with Crippen molar-refractivity contribution in [2.45, 2.75) is 50.5 Å². The maximum atomic E-state index is 12.3. The topological polar surface area (TPSA) is 57.5 Å². The lowest BCUT2D eigenvalue weighted by molar-refractivity contribution is -0.124. The van der Waals surface area contributed by atoms with Gasteiger partial charge in [-0.15, -0.1) is 0 Å². The third kappa shape index (κ3) is 2.86. The summed E-state index contributed by atoms with van der Waals surface area (Å²) < 4.78 is 0. The number of hydrogen-bond acceptors (Lipinski definition) is 3. The van der Waals surface area contributed by atoms with Gasteiger partial charge in [0.25, 0.3) is 0 Å². The van der Waals surface area contributed by atoms with Crippen molar-refractivity contribution < 1.29 is 15.0 Å². The Balaban J connectivity index is 1.51. The molecule has 2 aromatic rings. The van der Waals surface area contributed by atoms with Crippen LogP contribution in [0.5, 0.6) is 5.75 Å². The van der Waals surface area contributed by atoms with Crippen LogP contribution in [0.3, 0.4) is 0 Å². The van der Waals surface area contributed by atoms with Crippen molar-refractivity contribution in [1.29, 1.82) is 0 Å². The van der Waals surface area contributed by atoms with Gasteiger partial charge >= 0.3 is 0 Å². The summed E-state index contributed by atoms with van der Waals surface area (Å²) in [6.07, 6.45) is 9.56. The van der Waals surface area contributed by atoms with Crippen molar-refractivity contribution in [1.82, 2.24) is 0 Å². The summed E-state index contributed by atoms with van der Waals surface area (Å²) in [6.45, 7) is 2.21. The lowest BCUT2D eigenvalue weighted by Gasteiger charge is -2.54.